The Kier molecular flexibility index (Phi) is 2.10. The van der Waals surface area contributed by atoms with Crippen LogP contribution in [0.25, 0.3) is 5.69 Å². The fourth-order valence-electron chi connectivity index (χ4n) is 1.31. The molecule has 0 N–H and O–H groups in total. The highest BCUT2D eigenvalue weighted by atomic mass is 16.1. The molecule has 0 radical (unpaired) electrons. The molecule has 0 unspecified atom stereocenters. The lowest BCUT2D eigenvalue weighted by Gasteiger charge is -2.04. The normalized spacial score (nSPS) is 10.1. The maximum absolute atomic E-state index is 10.8. The molecule has 0 aliphatic rings. The van der Waals surface area contributed by atoms with Gasteiger partial charge in [0.15, 0.2) is 6.29 Å². The van der Waals surface area contributed by atoms with Crippen molar-refractivity contribution in [3.8, 4) is 5.69 Å². The maximum Gasteiger partial charge on any atom is 0.152 e. The second kappa shape index (κ2) is 3.41. The van der Waals surface area contributed by atoms with Crippen molar-refractivity contribution < 1.29 is 4.79 Å². The van der Waals surface area contributed by atoms with Gasteiger partial charge in [0, 0.05) is 5.56 Å². The third-order valence-corrected chi connectivity index (χ3v) is 1.98. The average molecular weight is 187 g/mol. The molecule has 14 heavy (non-hydrogen) atoms. The van der Waals surface area contributed by atoms with E-state index < -0.39 is 0 Å². The Morgan fingerprint density at radius 2 is 2.29 bits per heavy atom. The van der Waals surface area contributed by atoms with E-state index in [0.717, 1.165) is 17.5 Å². The van der Waals surface area contributed by atoms with E-state index in [1.54, 1.807) is 11.0 Å². The van der Waals surface area contributed by atoms with Crippen molar-refractivity contribution in [2.45, 2.75) is 6.92 Å². The molecule has 0 atom stereocenters. The monoisotopic (exact) mass is 187 g/mol. The van der Waals surface area contributed by atoms with Crippen molar-refractivity contribution in [2.75, 3.05) is 0 Å². The van der Waals surface area contributed by atoms with Crippen LogP contribution in [0.5, 0.6) is 0 Å². The summed E-state index contributed by atoms with van der Waals surface area (Å²) in [7, 11) is 0. The number of carbonyl (C=O) groups is 1. The molecule has 0 fully saturated rings. The van der Waals surface area contributed by atoms with Gasteiger partial charge in [-0.1, -0.05) is 11.6 Å². The Morgan fingerprint density at radius 3 is 2.93 bits per heavy atom. The molecule has 0 bridgehead atoms. The number of nitrogens with zero attached hydrogens (tertiary/aromatic N) is 3. The molecule has 1 aromatic heterocycles. The van der Waals surface area contributed by atoms with Crippen LogP contribution >= 0.6 is 0 Å². The summed E-state index contributed by atoms with van der Waals surface area (Å²) in [4.78, 5) is 14.6. The van der Waals surface area contributed by atoms with Gasteiger partial charge < -0.3 is 0 Å². The summed E-state index contributed by atoms with van der Waals surface area (Å²) in [5.74, 6) is 0. The van der Waals surface area contributed by atoms with E-state index in [2.05, 4.69) is 10.1 Å². The van der Waals surface area contributed by atoms with E-state index in [1.165, 1.54) is 6.33 Å². The summed E-state index contributed by atoms with van der Waals surface area (Å²) in [6.45, 7) is 1.94. The van der Waals surface area contributed by atoms with Crippen molar-refractivity contribution >= 4 is 6.29 Å². The number of aryl methyl sites for hydroxylation is 1. The molecular formula is C10H9N3O. The van der Waals surface area contributed by atoms with E-state index >= 15 is 0 Å². The quantitative estimate of drug-likeness (QED) is 0.667. The fraction of sp³-hybridized carbons (Fsp3) is 0.100. The first-order valence-corrected chi connectivity index (χ1v) is 4.22. The molecule has 0 saturated carbocycles. The standard InChI is InChI=1S/C10H9N3O/c1-8-2-3-10(9(4-8)5-14)13-7-11-6-12-13/h2-7H,1H3. The number of hydrogen-bond acceptors (Lipinski definition) is 3. The Hall–Kier alpha value is -1.97. The van der Waals surface area contributed by atoms with Gasteiger partial charge >= 0.3 is 0 Å². The van der Waals surface area contributed by atoms with E-state index in [9.17, 15) is 4.79 Å². The van der Waals surface area contributed by atoms with Crippen LogP contribution in [-0.2, 0) is 0 Å². The van der Waals surface area contributed by atoms with Gasteiger partial charge in [-0.3, -0.25) is 4.79 Å². The predicted octanol–water partition coefficient (Wildman–Crippen LogP) is 1.39. The van der Waals surface area contributed by atoms with Gasteiger partial charge in [-0.25, -0.2) is 9.67 Å². The predicted molar refractivity (Wildman–Crippen MR) is 51.5 cm³/mol. The summed E-state index contributed by atoms with van der Waals surface area (Å²) in [6.07, 6.45) is 3.83. The molecule has 0 spiro atoms. The molecule has 1 aromatic carbocycles. The highest BCUT2D eigenvalue weighted by Gasteiger charge is 2.03. The van der Waals surface area contributed by atoms with E-state index in [0.29, 0.717) is 5.56 Å². The van der Waals surface area contributed by atoms with E-state index in [4.69, 9.17) is 0 Å². The van der Waals surface area contributed by atoms with Crippen molar-refractivity contribution in [3.63, 3.8) is 0 Å². The second-order valence-corrected chi connectivity index (χ2v) is 3.02. The number of aldehydes is 1. The molecule has 4 heteroatoms. The minimum Gasteiger partial charge on any atom is -0.298 e. The van der Waals surface area contributed by atoms with Crippen LogP contribution in [0.2, 0.25) is 0 Å². The van der Waals surface area contributed by atoms with Gasteiger partial charge in [-0.05, 0) is 19.1 Å². The highest BCUT2D eigenvalue weighted by molar-refractivity contribution is 5.81. The fourth-order valence-corrected chi connectivity index (χ4v) is 1.31. The van der Waals surface area contributed by atoms with Gasteiger partial charge in [0.25, 0.3) is 0 Å². The smallest absolute Gasteiger partial charge is 0.152 e. The van der Waals surface area contributed by atoms with Gasteiger partial charge in [-0.15, -0.1) is 0 Å². The Bertz CT molecular complexity index is 448. The number of benzene rings is 1. The SMILES string of the molecule is Cc1ccc(-n2cncn2)c(C=O)c1. The first-order valence-electron chi connectivity index (χ1n) is 4.22. The Morgan fingerprint density at radius 1 is 1.43 bits per heavy atom. The lowest BCUT2D eigenvalue weighted by atomic mass is 10.1. The molecule has 0 aliphatic carbocycles. The van der Waals surface area contributed by atoms with Crippen LogP contribution in [0.1, 0.15) is 15.9 Å². The maximum atomic E-state index is 10.8. The highest BCUT2D eigenvalue weighted by Crippen LogP contribution is 2.12. The Balaban J connectivity index is 2.58. The van der Waals surface area contributed by atoms with Crippen LogP contribution in [0.4, 0.5) is 0 Å². The molecule has 0 aliphatic heterocycles. The molecule has 2 aromatic rings. The summed E-state index contributed by atoms with van der Waals surface area (Å²) >= 11 is 0. The van der Waals surface area contributed by atoms with Gasteiger partial charge in [-0.2, -0.15) is 5.10 Å². The van der Waals surface area contributed by atoms with Crippen LogP contribution in [-0.4, -0.2) is 21.1 Å². The first-order chi connectivity index (χ1) is 6.81. The molecule has 1 heterocycles. The summed E-state index contributed by atoms with van der Waals surface area (Å²) < 4.78 is 1.57. The first kappa shape index (κ1) is 8.62. The molecule has 70 valence electrons. The van der Waals surface area contributed by atoms with Gasteiger partial charge in [0.2, 0.25) is 0 Å². The van der Waals surface area contributed by atoms with Crippen LogP contribution in [0.15, 0.2) is 30.9 Å². The topological polar surface area (TPSA) is 47.8 Å². The molecule has 2 rings (SSSR count). The lowest BCUT2D eigenvalue weighted by Crippen LogP contribution is -1.99. The third kappa shape index (κ3) is 1.42. The van der Waals surface area contributed by atoms with Gasteiger partial charge in [0.1, 0.15) is 12.7 Å². The van der Waals surface area contributed by atoms with Crippen molar-refractivity contribution in [3.05, 3.63) is 42.0 Å². The number of aromatic nitrogens is 3. The average Bonchev–Trinajstić information content (AvgIpc) is 2.70. The molecule has 4 nitrogen and oxygen atoms in total. The van der Waals surface area contributed by atoms with Crippen molar-refractivity contribution in [2.24, 2.45) is 0 Å². The number of rotatable bonds is 2. The van der Waals surface area contributed by atoms with E-state index in [1.807, 2.05) is 25.1 Å². The minimum atomic E-state index is 0.621. The van der Waals surface area contributed by atoms with Gasteiger partial charge in [0.05, 0.1) is 5.69 Å². The van der Waals surface area contributed by atoms with Crippen molar-refractivity contribution in [1.29, 1.82) is 0 Å². The van der Waals surface area contributed by atoms with E-state index in [-0.39, 0.29) is 0 Å². The molecule has 0 saturated heterocycles. The van der Waals surface area contributed by atoms with Crippen LogP contribution < -0.4 is 0 Å². The zero-order chi connectivity index (χ0) is 9.97. The summed E-state index contributed by atoms with van der Waals surface area (Å²) in [5, 5.41) is 3.97. The lowest BCUT2D eigenvalue weighted by molar-refractivity contribution is 0.112. The Labute approximate surface area is 81.2 Å². The zero-order valence-electron chi connectivity index (χ0n) is 7.71. The zero-order valence-corrected chi connectivity index (χ0v) is 7.71. The minimum absolute atomic E-state index is 0.621. The van der Waals surface area contributed by atoms with Crippen molar-refractivity contribution in [1.82, 2.24) is 14.8 Å². The summed E-state index contributed by atoms with van der Waals surface area (Å²) in [5.41, 5.74) is 2.43. The summed E-state index contributed by atoms with van der Waals surface area (Å²) in [6, 6.07) is 5.61. The van der Waals surface area contributed by atoms with Crippen LogP contribution in [0.3, 0.4) is 0 Å². The second-order valence-electron chi connectivity index (χ2n) is 3.02. The molecular weight excluding hydrogens is 178 g/mol. The third-order valence-electron chi connectivity index (χ3n) is 1.98. The number of carbonyl (C=O) groups excluding carboxylic acids is 1. The molecule has 0 amide bonds. The van der Waals surface area contributed by atoms with Crippen LogP contribution in [0, 0.1) is 6.92 Å². The largest absolute Gasteiger partial charge is 0.298 e. The number of hydrogen-bond donors (Lipinski definition) is 0.